The van der Waals surface area contributed by atoms with Crippen LogP contribution in [0.2, 0.25) is 0 Å². The van der Waals surface area contributed by atoms with Crippen LogP contribution in [0.4, 0.5) is 17.8 Å². The number of anilines is 3. The van der Waals surface area contributed by atoms with Crippen LogP contribution in [-0.2, 0) is 4.74 Å². The van der Waals surface area contributed by atoms with Crippen molar-refractivity contribution in [2.75, 3.05) is 36.5 Å². The number of para-hydroxylation sites is 1. The third kappa shape index (κ3) is 4.00. The molecular weight excluding hydrogens is 408 g/mol. The number of nitrogens with one attached hydrogen (secondary N) is 2. The number of aryl methyl sites for hydroxylation is 2. The average Bonchev–Trinajstić information content (AvgIpc) is 2.79. The van der Waals surface area contributed by atoms with Crippen LogP contribution in [0.15, 0.2) is 41.3 Å². The summed E-state index contributed by atoms with van der Waals surface area (Å²) < 4.78 is 5.39. The Morgan fingerprint density at radius 1 is 1.03 bits per heavy atom. The molecule has 3 aromatic heterocycles. The molecule has 4 heterocycles. The molecule has 162 valence electrons. The lowest BCUT2D eigenvalue weighted by molar-refractivity contribution is 0.122. The molecule has 4 aromatic rings. The summed E-state index contributed by atoms with van der Waals surface area (Å²) in [5.74, 6) is 1.26. The fourth-order valence-electron chi connectivity index (χ4n) is 3.67. The first-order valence-electron chi connectivity index (χ1n) is 10.4. The van der Waals surface area contributed by atoms with Crippen molar-refractivity contribution >= 4 is 28.7 Å². The van der Waals surface area contributed by atoms with Gasteiger partial charge in [0.05, 0.1) is 35.8 Å². The summed E-state index contributed by atoms with van der Waals surface area (Å²) in [4.78, 5) is 39.8. The normalized spacial score (nSPS) is 14.0. The van der Waals surface area contributed by atoms with Crippen LogP contribution in [0, 0.1) is 13.8 Å². The Morgan fingerprint density at radius 2 is 1.84 bits per heavy atom. The minimum Gasteiger partial charge on any atom is -0.378 e. The number of rotatable bonds is 4. The zero-order valence-electron chi connectivity index (χ0n) is 17.8. The van der Waals surface area contributed by atoms with E-state index in [1.165, 1.54) is 6.07 Å². The molecule has 1 fully saturated rings. The number of aromatic nitrogens is 6. The largest absolute Gasteiger partial charge is 0.378 e. The molecule has 0 unspecified atom stereocenters. The SMILES string of the molecule is Cc1nc(N2CCOCC2)ncc1-c1cc(=O)[nH]c(Nc2nc(C)c3ccccc3n2)n1. The second-order valence-electron chi connectivity index (χ2n) is 7.52. The van der Waals surface area contributed by atoms with E-state index in [-0.39, 0.29) is 11.5 Å². The lowest BCUT2D eigenvalue weighted by atomic mass is 10.2. The second kappa shape index (κ2) is 8.31. The second-order valence-corrected chi connectivity index (χ2v) is 7.52. The molecule has 10 heteroatoms. The Morgan fingerprint density at radius 3 is 2.66 bits per heavy atom. The van der Waals surface area contributed by atoms with Gasteiger partial charge in [-0.15, -0.1) is 0 Å². The minimum atomic E-state index is -0.299. The highest BCUT2D eigenvalue weighted by atomic mass is 16.5. The number of aromatic amines is 1. The molecule has 32 heavy (non-hydrogen) atoms. The van der Waals surface area contributed by atoms with Crippen LogP contribution in [0.3, 0.4) is 0 Å². The Kier molecular flexibility index (Phi) is 5.20. The molecule has 0 amide bonds. The van der Waals surface area contributed by atoms with Gasteiger partial charge in [0.15, 0.2) is 0 Å². The first kappa shape index (κ1) is 20.0. The third-order valence-corrected chi connectivity index (χ3v) is 5.30. The van der Waals surface area contributed by atoms with E-state index < -0.39 is 0 Å². The maximum absolute atomic E-state index is 12.3. The van der Waals surface area contributed by atoms with E-state index in [1.54, 1.807) is 6.20 Å². The molecule has 0 spiro atoms. The number of nitrogens with zero attached hydrogens (tertiary/aromatic N) is 6. The van der Waals surface area contributed by atoms with Gasteiger partial charge < -0.3 is 9.64 Å². The van der Waals surface area contributed by atoms with Gasteiger partial charge in [-0.05, 0) is 19.9 Å². The average molecular weight is 430 g/mol. The zero-order chi connectivity index (χ0) is 22.1. The van der Waals surface area contributed by atoms with Crippen molar-refractivity contribution in [3.8, 4) is 11.3 Å². The van der Waals surface area contributed by atoms with Gasteiger partial charge in [-0.3, -0.25) is 15.1 Å². The van der Waals surface area contributed by atoms with E-state index in [0.29, 0.717) is 36.4 Å². The molecule has 0 bridgehead atoms. The Hall–Kier alpha value is -3.92. The van der Waals surface area contributed by atoms with Gasteiger partial charge in [-0.1, -0.05) is 18.2 Å². The Balaban J connectivity index is 1.46. The number of hydrogen-bond acceptors (Lipinski definition) is 9. The van der Waals surface area contributed by atoms with Gasteiger partial charge in [-0.25, -0.2) is 24.9 Å². The van der Waals surface area contributed by atoms with E-state index >= 15 is 0 Å². The molecule has 0 atom stereocenters. The standard InChI is InChI=1S/C22H22N8O2/c1-13-15-5-3-4-6-17(15)26-20(24-13)29-21-27-18(11-19(31)28-21)16-12-23-22(25-14(16)2)30-7-9-32-10-8-30/h3-6,11-12H,7-10H2,1-2H3,(H2,24,26,27,28,29,31). The fraction of sp³-hybridized carbons (Fsp3) is 0.273. The lowest BCUT2D eigenvalue weighted by Gasteiger charge is -2.27. The molecule has 1 saturated heterocycles. The van der Waals surface area contributed by atoms with Crippen molar-refractivity contribution in [1.29, 1.82) is 0 Å². The van der Waals surface area contributed by atoms with E-state index in [0.717, 1.165) is 35.4 Å². The fourth-order valence-corrected chi connectivity index (χ4v) is 3.67. The van der Waals surface area contributed by atoms with Gasteiger partial charge in [0.25, 0.3) is 5.56 Å². The summed E-state index contributed by atoms with van der Waals surface area (Å²) in [6.45, 7) is 6.62. The van der Waals surface area contributed by atoms with Gasteiger partial charge in [0, 0.05) is 36.3 Å². The Bertz CT molecular complexity index is 1350. The maximum atomic E-state index is 12.3. The van der Waals surface area contributed by atoms with Crippen molar-refractivity contribution in [2.24, 2.45) is 0 Å². The highest BCUT2D eigenvalue weighted by Crippen LogP contribution is 2.23. The van der Waals surface area contributed by atoms with Gasteiger partial charge in [0.1, 0.15) is 0 Å². The third-order valence-electron chi connectivity index (χ3n) is 5.30. The number of fused-ring (bicyclic) bond motifs is 1. The lowest BCUT2D eigenvalue weighted by Crippen LogP contribution is -2.37. The summed E-state index contributed by atoms with van der Waals surface area (Å²) in [5.41, 5.74) is 3.24. The molecule has 1 aliphatic rings. The number of H-pyrrole nitrogens is 1. The summed E-state index contributed by atoms with van der Waals surface area (Å²) >= 11 is 0. The Labute approximate surface area is 183 Å². The van der Waals surface area contributed by atoms with Gasteiger partial charge in [-0.2, -0.15) is 0 Å². The van der Waals surface area contributed by atoms with E-state index in [2.05, 4.69) is 40.1 Å². The molecule has 5 rings (SSSR count). The molecule has 0 aliphatic carbocycles. The van der Waals surface area contributed by atoms with Crippen LogP contribution >= 0.6 is 0 Å². The first-order chi connectivity index (χ1) is 15.6. The monoisotopic (exact) mass is 430 g/mol. The van der Waals surface area contributed by atoms with E-state index in [1.807, 2.05) is 38.1 Å². The van der Waals surface area contributed by atoms with Crippen LogP contribution in [0.25, 0.3) is 22.2 Å². The number of morpholine rings is 1. The molecular formula is C22H22N8O2. The van der Waals surface area contributed by atoms with Crippen LogP contribution in [0.5, 0.6) is 0 Å². The first-order valence-corrected chi connectivity index (χ1v) is 10.4. The predicted molar refractivity (Wildman–Crippen MR) is 121 cm³/mol. The highest BCUT2D eigenvalue weighted by molar-refractivity contribution is 5.81. The van der Waals surface area contributed by atoms with E-state index in [9.17, 15) is 4.79 Å². The molecule has 0 saturated carbocycles. The van der Waals surface area contributed by atoms with Crippen molar-refractivity contribution in [3.05, 3.63) is 58.3 Å². The summed E-state index contributed by atoms with van der Waals surface area (Å²) in [5, 5.41) is 3.99. The van der Waals surface area contributed by atoms with Crippen LogP contribution in [-0.4, -0.2) is 56.2 Å². The molecule has 1 aliphatic heterocycles. The quantitative estimate of drug-likeness (QED) is 0.502. The molecule has 10 nitrogen and oxygen atoms in total. The van der Waals surface area contributed by atoms with Crippen molar-refractivity contribution < 1.29 is 4.74 Å². The summed E-state index contributed by atoms with van der Waals surface area (Å²) in [7, 11) is 0. The summed E-state index contributed by atoms with van der Waals surface area (Å²) in [6, 6.07) is 9.18. The van der Waals surface area contributed by atoms with Crippen molar-refractivity contribution in [2.45, 2.75) is 13.8 Å². The number of hydrogen-bond donors (Lipinski definition) is 2. The zero-order valence-corrected chi connectivity index (χ0v) is 17.8. The van der Waals surface area contributed by atoms with E-state index in [4.69, 9.17) is 4.74 Å². The van der Waals surface area contributed by atoms with Crippen LogP contribution in [0.1, 0.15) is 11.4 Å². The van der Waals surface area contributed by atoms with Gasteiger partial charge in [0.2, 0.25) is 17.8 Å². The number of benzene rings is 1. The topological polar surface area (TPSA) is 122 Å². The highest BCUT2D eigenvalue weighted by Gasteiger charge is 2.16. The van der Waals surface area contributed by atoms with Gasteiger partial charge >= 0.3 is 0 Å². The molecule has 1 aromatic carbocycles. The smallest absolute Gasteiger partial charge is 0.252 e. The maximum Gasteiger partial charge on any atom is 0.252 e. The minimum absolute atomic E-state index is 0.249. The van der Waals surface area contributed by atoms with Crippen molar-refractivity contribution in [1.82, 2.24) is 29.9 Å². The predicted octanol–water partition coefficient (Wildman–Crippen LogP) is 2.37. The summed E-state index contributed by atoms with van der Waals surface area (Å²) in [6.07, 6.45) is 1.70. The molecule has 2 N–H and O–H groups in total. The van der Waals surface area contributed by atoms with Crippen LogP contribution < -0.4 is 15.8 Å². The van der Waals surface area contributed by atoms with Crippen molar-refractivity contribution in [3.63, 3.8) is 0 Å². The number of ether oxygens (including phenoxy) is 1. The molecule has 0 radical (unpaired) electrons.